The lowest BCUT2D eigenvalue weighted by atomic mass is 10.1. The maximum Gasteiger partial charge on any atom is 0.331 e. The fourth-order valence-corrected chi connectivity index (χ4v) is 3.73. The van der Waals surface area contributed by atoms with E-state index in [1.54, 1.807) is 20.8 Å². The van der Waals surface area contributed by atoms with E-state index in [-0.39, 0.29) is 41.8 Å². The molecule has 10 nitrogen and oxygen atoms in total. The molecule has 0 N–H and O–H groups in total. The first-order valence-electron chi connectivity index (χ1n) is 11.8. The molecule has 1 fully saturated rings. The molecule has 11 heteroatoms. The number of oxime groups is 2. The van der Waals surface area contributed by atoms with Gasteiger partial charge in [-0.25, -0.2) is 9.18 Å². The van der Waals surface area contributed by atoms with Crippen molar-refractivity contribution in [1.29, 1.82) is 0 Å². The predicted molar refractivity (Wildman–Crippen MR) is 133 cm³/mol. The van der Waals surface area contributed by atoms with Gasteiger partial charge in [0.25, 0.3) is 5.56 Å². The molecule has 0 saturated heterocycles. The summed E-state index contributed by atoms with van der Waals surface area (Å²) < 4.78 is 21.0. The maximum atomic E-state index is 13.8. The molecule has 1 aliphatic carbocycles. The maximum absolute atomic E-state index is 13.8. The largest absolute Gasteiger partial charge is 0.496 e. The molecular formula is C25H31FN4O6. The molecule has 0 aliphatic heterocycles. The normalized spacial score (nSPS) is 13.7. The molecule has 0 atom stereocenters. The number of methoxy groups -OCH3 is 1. The number of carbonyl (C=O) groups is 1. The van der Waals surface area contributed by atoms with Crippen LogP contribution in [0.4, 0.5) is 4.39 Å². The summed E-state index contributed by atoms with van der Waals surface area (Å²) in [7, 11) is 1.36. The molecular weight excluding hydrogens is 471 g/mol. The van der Waals surface area contributed by atoms with Gasteiger partial charge in [0, 0.05) is 6.20 Å². The zero-order chi connectivity index (χ0) is 26.2. The van der Waals surface area contributed by atoms with E-state index in [0.717, 1.165) is 46.6 Å². The smallest absolute Gasteiger partial charge is 0.331 e. The number of aromatic nitrogens is 2. The van der Waals surface area contributed by atoms with Crippen LogP contribution in [0, 0.1) is 5.82 Å². The van der Waals surface area contributed by atoms with Crippen LogP contribution in [0.3, 0.4) is 0 Å². The Bertz CT molecular complexity index is 1270. The van der Waals surface area contributed by atoms with E-state index >= 15 is 0 Å². The summed E-state index contributed by atoms with van der Waals surface area (Å²) in [5.74, 6) is -1.01. The number of halogens is 1. The second-order valence-corrected chi connectivity index (χ2v) is 8.71. The van der Waals surface area contributed by atoms with Crippen molar-refractivity contribution < 1.29 is 23.6 Å². The second-order valence-electron chi connectivity index (χ2n) is 8.71. The van der Waals surface area contributed by atoms with Crippen molar-refractivity contribution in [3.8, 4) is 5.75 Å². The van der Waals surface area contributed by atoms with Gasteiger partial charge in [-0.2, -0.15) is 0 Å². The highest BCUT2D eigenvalue weighted by Crippen LogP contribution is 2.20. The molecule has 0 radical (unpaired) electrons. The fraction of sp³-hybridized carbons (Fsp3) is 0.480. The zero-order valence-corrected chi connectivity index (χ0v) is 21.0. The molecule has 1 aliphatic rings. The standard InChI is InChI=1S/C25H31FN4O6/c1-16(2)36-27-17(3)21-14-29(15-22(31)20-13-18(26)9-10-23(20)34-4)25(33)30(24(21)32)11-12-35-28-19-7-5-6-8-19/h9-10,13-14,16H,5-8,11-12,15H2,1-4H3/b27-17+. The third-order valence-corrected chi connectivity index (χ3v) is 5.58. The number of ketones is 1. The van der Waals surface area contributed by atoms with Crippen LogP contribution in [0.25, 0.3) is 0 Å². The summed E-state index contributed by atoms with van der Waals surface area (Å²) in [6, 6.07) is 3.55. The minimum Gasteiger partial charge on any atom is -0.496 e. The van der Waals surface area contributed by atoms with Crippen molar-refractivity contribution in [2.24, 2.45) is 10.3 Å². The van der Waals surface area contributed by atoms with Crippen molar-refractivity contribution in [3.63, 3.8) is 0 Å². The van der Waals surface area contributed by atoms with E-state index < -0.39 is 29.4 Å². The third kappa shape index (κ3) is 6.67. The molecule has 3 rings (SSSR count). The Morgan fingerprint density at radius 3 is 2.56 bits per heavy atom. The van der Waals surface area contributed by atoms with Gasteiger partial charge in [0.15, 0.2) is 5.78 Å². The zero-order valence-electron chi connectivity index (χ0n) is 21.0. The molecule has 0 bridgehead atoms. The summed E-state index contributed by atoms with van der Waals surface area (Å²) >= 11 is 0. The van der Waals surface area contributed by atoms with Crippen LogP contribution in [0.1, 0.15) is 62.4 Å². The van der Waals surface area contributed by atoms with Gasteiger partial charge in [-0.1, -0.05) is 10.3 Å². The van der Waals surface area contributed by atoms with Crippen LogP contribution in [-0.2, 0) is 22.8 Å². The number of rotatable bonds is 11. The summed E-state index contributed by atoms with van der Waals surface area (Å²) in [6.07, 6.45) is 4.91. The predicted octanol–water partition coefficient (Wildman–Crippen LogP) is 3.14. The average Bonchev–Trinajstić information content (AvgIpc) is 3.37. The molecule has 1 aromatic heterocycles. The first-order valence-corrected chi connectivity index (χ1v) is 11.8. The number of carbonyl (C=O) groups excluding carboxylic acids is 1. The van der Waals surface area contributed by atoms with Crippen molar-refractivity contribution in [3.05, 3.63) is 62.2 Å². The Balaban J connectivity index is 1.96. The number of Topliss-reactive ketones (excluding diaryl/α,β-unsaturated/α-hetero) is 1. The van der Waals surface area contributed by atoms with Crippen molar-refractivity contribution in [2.75, 3.05) is 13.7 Å². The molecule has 1 aromatic carbocycles. The molecule has 0 amide bonds. The lowest BCUT2D eigenvalue weighted by Gasteiger charge is -2.14. The molecule has 0 unspecified atom stereocenters. The van der Waals surface area contributed by atoms with Crippen LogP contribution in [-0.4, -0.2) is 46.2 Å². The van der Waals surface area contributed by atoms with Crippen LogP contribution in [0.2, 0.25) is 0 Å². The molecule has 1 saturated carbocycles. The minimum atomic E-state index is -0.720. The monoisotopic (exact) mass is 502 g/mol. The van der Waals surface area contributed by atoms with E-state index in [1.807, 2.05) is 0 Å². The first-order chi connectivity index (χ1) is 17.2. The van der Waals surface area contributed by atoms with Gasteiger partial charge in [0.05, 0.1) is 42.7 Å². The summed E-state index contributed by atoms with van der Waals surface area (Å²) in [5.41, 5.74) is -0.0692. The van der Waals surface area contributed by atoms with Gasteiger partial charge < -0.3 is 14.4 Å². The molecule has 0 spiro atoms. The Hall–Kier alpha value is -3.76. The number of hydrogen-bond acceptors (Lipinski definition) is 8. The molecule has 194 valence electrons. The van der Waals surface area contributed by atoms with Gasteiger partial charge in [0.2, 0.25) is 0 Å². The number of hydrogen-bond donors (Lipinski definition) is 0. The number of nitrogens with zero attached hydrogens (tertiary/aromatic N) is 4. The average molecular weight is 503 g/mol. The SMILES string of the molecule is COc1ccc(F)cc1C(=O)Cn1cc(/C(C)=N/OC(C)C)c(=O)n(CCON=C2CCCC2)c1=O. The lowest BCUT2D eigenvalue weighted by Crippen LogP contribution is -2.43. The molecule has 1 heterocycles. The van der Waals surface area contributed by atoms with Crippen LogP contribution in [0.15, 0.2) is 44.3 Å². The van der Waals surface area contributed by atoms with Gasteiger partial charge in [-0.05, 0) is 64.7 Å². The van der Waals surface area contributed by atoms with Crippen molar-refractivity contribution >= 4 is 17.2 Å². The van der Waals surface area contributed by atoms with Crippen LogP contribution < -0.4 is 16.0 Å². The van der Waals surface area contributed by atoms with Crippen LogP contribution in [0.5, 0.6) is 5.75 Å². The highest BCUT2D eigenvalue weighted by atomic mass is 19.1. The van der Waals surface area contributed by atoms with E-state index in [2.05, 4.69) is 10.3 Å². The van der Waals surface area contributed by atoms with E-state index in [9.17, 15) is 18.8 Å². The summed E-state index contributed by atoms with van der Waals surface area (Å²) in [4.78, 5) is 49.9. The van der Waals surface area contributed by atoms with Crippen LogP contribution >= 0.6 is 0 Å². The fourth-order valence-electron chi connectivity index (χ4n) is 3.73. The molecule has 36 heavy (non-hydrogen) atoms. The van der Waals surface area contributed by atoms with E-state index in [1.165, 1.54) is 25.4 Å². The Morgan fingerprint density at radius 1 is 1.17 bits per heavy atom. The topological polar surface area (TPSA) is 113 Å². The molecule has 2 aromatic rings. The van der Waals surface area contributed by atoms with E-state index in [0.29, 0.717) is 0 Å². The van der Waals surface area contributed by atoms with Crippen molar-refractivity contribution in [1.82, 2.24) is 9.13 Å². The summed E-state index contributed by atoms with van der Waals surface area (Å²) in [6.45, 7) is 4.59. The van der Waals surface area contributed by atoms with Crippen molar-refractivity contribution in [2.45, 2.75) is 65.6 Å². The minimum absolute atomic E-state index is 0.00749. The van der Waals surface area contributed by atoms with Gasteiger partial charge in [-0.3, -0.25) is 18.7 Å². The Labute approximate surface area is 208 Å². The lowest BCUT2D eigenvalue weighted by molar-refractivity contribution is 0.0859. The van der Waals surface area contributed by atoms with Gasteiger partial charge in [-0.15, -0.1) is 0 Å². The summed E-state index contributed by atoms with van der Waals surface area (Å²) in [5, 5.41) is 8.06. The first kappa shape index (κ1) is 26.8. The third-order valence-electron chi connectivity index (χ3n) is 5.58. The number of benzene rings is 1. The Kier molecular flexibility index (Phi) is 9.15. The van der Waals surface area contributed by atoms with E-state index in [4.69, 9.17) is 14.4 Å². The van der Waals surface area contributed by atoms with Gasteiger partial charge >= 0.3 is 5.69 Å². The number of ether oxygens (including phenoxy) is 1. The quantitative estimate of drug-likeness (QED) is 0.202. The van der Waals surface area contributed by atoms with Gasteiger partial charge in [0.1, 0.15) is 24.3 Å². The highest BCUT2D eigenvalue weighted by Gasteiger charge is 2.19. The second kappa shape index (κ2) is 12.3. The Morgan fingerprint density at radius 2 is 1.89 bits per heavy atom. The highest BCUT2D eigenvalue weighted by molar-refractivity contribution is 5.99.